The van der Waals surface area contributed by atoms with Crippen molar-refractivity contribution >= 4 is 11.9 Å². The summed E-state index contributed by atoms with van der Waals surface area (Å²) >= 11 is 0. The van der Waals surface area contributed by atoms with Crippen LogP contribution in [0.5, 0.6) is 0 Å². The van der Waals surface area contributed by atoms with Crippen molar-refractivity contribution in [2.45, 2.75) is 59.2 Å². The first-order valence-corrected chi connectivity index (χ1v) is 8.08. The van der Waals surface area contributed by atoms with Crippen LogP contribution < -0.4 is 0 Å². The van der Waals surface area contributed by atoms with E-state index in [4.69, 9.17) is 18.9 Å². The first-order valence-electron chi connectivity index (χ1n) is 8.08. The number of hydrogen-bond acceptors (Lipinski definition) is 6. The predicted octanol–water partition coefficient (Wildman–Crippen LogP) is 2.69. The highest BCUT2D eigenvalue weighted by atomic mass is 16.7. The zero-order chi connectivity index (χ0) is 16.8. The van der Waals surface area contributed by atoms with Crippen molar-refractivity contribution in [3.63, 3.8) is 0 Å². The second-order valence-corrected chi connectivity index (χ2v) is 4.83. The molecule has 0 amide bonds. The summed E-state index contributed by atoms with van der Waals surface area (Å²) in [5.41, 5.74) is 0. The number of hydrogen-bond donors (Lipinski definition) is 0. The van der Waals surface area contributed by atoms with Gasteiger partial charge in [0.05, 0.1) is 26.2 Å². The van der Waals surface area contributed by atoms with Gasteiger partial charge in [-0.25, -0.2) is 0 Å². The van der Waals surface area contributed by atoms with Gasteiger partial charge in [0.2, 0.25) is 0 Å². The molecule has 0 aromatic carbocycles. The molecule has 0 spiro atoms. The lowest BCUT2D eigenvalue weighted by atomic mass is 10.0. The van der Waals surface area contributed by atoms with Gasteiger partial charge < -0.3 is 18.9 Å². The Morgan fingerprint density at radius 1 is 1.27 bits per heavy atom. The van der Waals surface area contributed by atoms with Crippen LogP contribution in [0, 0.1) is 5.92 Å². The molecule has 130 valence electrons. The van der Waals surface area contributed by atoms with Crippen LogP contribution >= 0.6 is 0 Å². The van der Waals surface area contributed by atoms with E-state index in [2.05, 4.69) is 0 Å². The van der Waals surface area contributed by atoms with Crippen LogP contribution in [0.15, 0.2) is 0 Å². The summed E-state index contributed by atoms with van der Waals surface area (Å²) in [4.78, 5) is 22.3. The number of carbonyl (C=O) groups is 2. The van der Waals surface area contributed by atoms with Gasteiger partial charge in [-0.1, -0.05) is 13.8 Å². The Bertz CT molecular complexity index is 299. The molecule has 0 saturated carbocycles. The summed E-state index contributed by atoms with van der Waals surface area (Å²) in [5.74, 6) is -0.962. The van der Waals surface area contributed by atoms with Crippen LogP contribution in [0.1, 0.15) is 52.9 Å². The number of ether oxygens (including phenoxy) is 4. The molecule has 0 aromatic heterocycles. The fourth-order valence-electron chi connectivity index (χ4n) is 2.05. The minimum absolute atomic E-state index is 0.218. The molecule has 1 fully saturated rings. The topological polar surface area (TPSA) is 71.1 Å². The van der Waals surface area contributed by atoms with Gasteiger partial charge in [0.15, 0.2) is 6.29 Å². The molecule has 0 aromatic rings. The molecule has 0 bridgehead atoms. The second kappa shape index (κ2) is 13.5. The predicted molar refractivity (Wildman–Crippen MR) is 82.3 cm³/mol. The van der Waals surface area contributed by atoms with E-state index < -0.39 is 0 Å². The van der Waals surface area contributed by atoms with E-state index >= 15 is 0 Å². The van der Waals surface area contributed by atoms with Gasteiger partial charge in [0, 0.05) is 13.5 Å². The lowest BCUT2D eigenvalue weighted by Crippen LogP contribution is -2.28. The standard InChI is InChI=1S/C14H24O6.C2H6/c1-11(15)18-9-5-6-12(14(16)17-2)10-20-13-7-3-4-8-19-13;1-2/h12-13H,3-10H2,1-2H3;1-2H3/t12-,13?;/m0./s1. The molecular weight excluding hydrogens is 288 g/mol. The summed E-state index contributed by atoms with van der Waals surface area (Å²) in [6.45, 7) is 6.65. The van der Waals surface area contributed by atoms with Crippen molar-refractivity contribution in [1.29, 1.82) is 0 Å². The van der Waals surface area contributed by atoms with Gasteiger partial charge >= 0.3 is 11.9 Å². The van der Waals surface area contributed by atoms with Crippen LogP contribution in [0.4, 0.5) is 0 Å². The van der Waals surface area contributed by atoms with Crippen molar-refractivity contribution in [1.82, 2.24) is 0 Å². The molecule has 1 aliphatic rings. The zero-order valence-electron chi connectivity index (χ0n) is 14.3. The summed E-state index contributed by atoms with van der Waals surface area (Å²) in [6.07, 6.45) is 3.95. The molecule has 0 N–H and O–H groups in total. The number of carbonyl (C=O) groups excluding carboxylic acids is 2. The van der Waals surface area contributed by atoms with Crippen molar-refractivity contribution in [3.05, 3.63) is 0 Å². The third-order valence-corrected chi connectivity index (χ3v) is 3.16. The summed E-state index contributed by atoms with van der Waals surface area (Å²) in [6, 6.07) is 0. The first-order chi connectivity index (χ1) is 10.6. The van der Waals surface area contributed by atoms with Gasteiger partial charge in [-0.15, -0.1) is 0 Å². The van der Waals surface area contributed by atoms with Crippen molar-refractivity contribution < 1.29 is 28.5 Å². The lowest BCUT2D eigenvalue weighted by molar-refractivity contribution is -0.177. The maximum absolute atomic E-state index is 11.7. The second-order valence-electron chi connectivity index (χ2n) is 4.83. The number of rotatable bonds is 8. The first kappa shape index (κ1) is 20.9. The fourth-order valence-corrected chi connectivity index (χ4v) is 2.05. The van der Waals surface area contributed by atoms with Crippen molar-refractivity contribution in [3.8, 4) is 0 Å². The smallest absolute Gasteiger partial charge is 0.311 e. The maximum Gasteiger partial charge on any atom is 0.311 e. The monoisotopic (exact) mass is 318 g/mol. The van der Waals surface area contributed by atoms with Crippen LogP contribution in [0.25, 0.3) is 0 Å². The van der Waals surface area contributed by atoms with E-state index in [-0.39, 0.29) is 30.8 Å². The molecule has 1 rings (SSSR count). The number of esters is 2. The molecule has 6 heteroatoms. The van der Waals surface area contributed by atoms with E-state index in [1.165, 1.54) is 14.0 Å². The minimum Gasteiger partial charge on any atom is -0.469 e. The highest BCUT2D eigenvalue weighted by Crippen LogP contribution is 2.17. The Morgan fingerprint density at radius 2 is 2.00 bits per heavy atom. The van der Waals surface area contributed by atoms with Gasteiger partial charge in [-0.05, 0) is 32.1 Å². The lowest BCUT2D eigenvalue weighted by Gasteiger charge is -2.24. The van der Waals surface area contributed by atoms with Crippen molar-refractivity contribution in [2.24, 2.45) is 5.92 Å². The molecule has 1 aliphatic heterocycles. The summed E-state index contributed by atoms with van der Waals surface area (Å²) < 4.78 is 20.7. The van der Waals surface area contributed by atoms with Gasteiger partial charge in [-0.3, -0.25) is 9.59 Å². The molecule has 1 saturated heterocycles. The molecule has 1 heterocycles. The summed E-state index contributed by atoms with van der Waals surface area (Å²) in [7, 11) is 1.36. The summed E-state index contributed by atoms with van der Waals surface area (Å²) in [5, 5.41) is 0. The van der Waals surface area contributed by atoms with Crippen LogP contribution in [0.2, 0.25) is 0 Å². The average Bonchev–Trinajstić information content (AvgIpc) is 2.56. The van der Waals surface area contributed by atoms with E-state index in [1.54, 1.807) is 0 Å². The van der Waals surface area contributed by atoms with Gasteiger partial charge in [-0.2, -0.15) is 0 Å². The SMILES string of the molecule is CC.COC(=O)[C@@H](CCCOC(C)=O)COC1CCCCO1. The zero-order valence-corrected chi connectivity index (χ0v) is 14.3. The average molecular weight is 318 g/mol. The van der Waals surface area contributed by atoms with Crippen LogP contribution in [-0.2, 0) is 28.5 Å². The Labute approximate surface area is 133 Å². The Balaban J connectivity index is 0.00000211. The van der Waals surface area contributed by atoms with Gasteiger partial charge in [0.1, 0.15) is 0 Å². The maximum atomic E-state index is 11.7. The van der Waals surface area contributed by atoms with E-state index in [0.29, 0.717) is 26.1 Å². The Morgan fingerprint density at radius 3 is 2.55 bits per heavy atom. The van der Waals surface area contributed by atoms with E-state index in [1.807, 2.05) is 13.8 Å². The van der Waals surface area contributed by atoms with E-state index in [9.17, 15) is 9.59 Å². The Hall–Kier alpha value is -1.14. The largest absolute Gasteiger partial charge is 0.469 e. The molecule has 0 aliphatic carbocycles. The molecule has 2 atom stereocenters. The highest BCUT2D eigenvalue weighted by molar-refractivity contribution is 5.72. The molecular formula is C16H30O6. The van der Waals surface area contributed by atoms with Gasteiger partial charge in [0.25, 0.3) is 0 Å². The van der Waals surface area contributed by atoms with Crippen LogP contribution in [-0.4, -0.2) is 45.2 Å². The van der Waals surface area contributed by atoms with Crippen LogP contribution in [0.3, 0.4) is 0 Å². The normalized spacial score (nSPS) is 18.6. The van der Waals surface area contributed by atoms with E-state index in [0.717, 1.165) is 19.3 Å². The molecule has 0 radical (unpaired) electrons. The number of methoxy groups -OCH3 is 1. The molecule has 1 unspecified atom stereocenters. The quantitative estimate of drug-likeness (QED) is 0.506. The Kier molecular flexibility index (Phi) is 12.8. The molecule has 22 heavy (non-hydrogen) atoms. The van der Waals surface area contributed by atoms with Crippen molar-refractivity contribution in [2.75, 3.05) is 26.9 Å². The molecule has 6 nitrogen and oxygen atoms in total. The minimum atomic E-state index is -0.346. The third kappa shape index (κ3) is 9.73. The third-order valence-electron chi connectivity index (χ3n) is 3.16. The fraction of sp³-hybridized carbons (Fsp3) is 0.875. The highest BCUT2D eigenvalue weighted by Gasteiger charge is 2.22.